The van der Waals surface area contributed by atoms with Crippen LogP contribution in [0.4, 0.5) is 0 Å². The van der Waals surface area contributed by atoms with Crippen molar-refractivity contribution >= 4 is 5.97 Å². The van der Waals surface area contributed by atoms with Gasteiger partial charge in [-0.25, -0.2) is 0 Å². The molecule has 0 bridgehead atoms. The number of nitrogens with zero attached hydrogens (tertiary/aromatic N) is 1. The molecule has 1 unspecified atom stereocenters. The van der Waals surface area contributed by atoms with Crippen LogP contribution in [0.15, 0.2) is 0 Å². The van der Waals surface area contributed by atoms with Crippen molar-refractivity contribution in [2.45, 2.75) is 60.3 Å². The summed E-state index contributed by atoms with van der Waals surface area (Å²) in [5.74, 6) is 0.669. The minimum absolute atomic E-state index is 0.263. The molecule has 1 saturated carbocycles. The number of rotatable bonds is 6. The van der Waals surface area contributed by atoms with Gasteiger partial charge in [0.1, 0.15) is 0 Å². The van der Waals surface area contributed by atoms with Gasteiger partial charge in [-0.2, -0.15) is 0 Å². The molecule has 0 spiro atoms. The summed E-state index contributed by atoms with van der Waals surface area (Å²) in [5, 5.41) is 9.03. The molecule has 1 rings (SSSR count). The first-order valence-electron chi connectivity index (χ1n) is 8.19. The summed E-state index contributed by atoms with van der Waals surface area (Å²) in [4.78, 5) is 13.3. The number of carboxylic acid groups (broad SMARTS) is 1. The molecule has 1 aliphatic rings. The second-order valence-electron chi connectivity index (χ2n) is 7.68. The molecule has 1 fully saturated rings. The van der Waals surface area contributed by atoms with Gasteiger partial charge < -0.3 is 10.0 Å². The van der Waals surface area contributed by atoms with E-state index in [0.29, 0.717) is 12.0 Å². The van der Waals surface area contributed by atoms with Crippen LogP contribution >= 0.6 is 0 Å². The van der Waals surface area contributed by atoms with Crippen molar-refractivity contribution in [1.29, 1.82) is 0 Å². The van der Waals surface area contributed by atoms with Crippen LogP contribution in [0, 0.1) is 23.2 Å². The molecule has 3 heteroatoms. The van der Waals surface area contributed by atoms with E-state index in [1.807, 2.05) is 6.92 Å². The van der Waals surface area contributed by atoms with Gasteiger partial charge in [-0.15, -0.1) is 0 Å². The smallest absolute Gasteiger partial charge is 0.307 e. The van der Waals surface area contributed by atoms with Crippen LogP contribution in [0.2, 0.25) is 0 Å². The Balaban J connectivity index is 2.39. The van der Waals surface area contributed by atoms with E-state index in [-0.39, 0.29) is 5.92 Å². The van der Waals surface area contributed by atoms with Gasteiger partial charge in [0.05, 0.1) is 5.92 Å². The Morgan fingerprint density at radius 3 is 2.20 bits per heavy atom. The molecular formula is C17H33NO2. The van der Waals surface area contributed by atoms with Crippen LogP contribution in [-0.4, -0.2) is 35.6 Å². The quantitative estimate of drug-likeness (QED) is 0.804. The van der Waals surface area contributed by atoms with Crippen LogP contribution in [0.1, 0.15) is 60.3 Å². The SMILES string of the molecule is CCN(CC1CCC(C(C)(C)C)CC1)CC(C)C(=O)O. The van der Waals surface area contributed by atoms with Crippen LogP contribution in [0.25, 0.3) is 0 Å². The largest absolute Gasteiger partial charge is 0.481 e. The summed E-state index contributed by atoms with van der Waals surface area (Å²) in [6.45, 7) is 13.7. The van der Waals surface area contributed by atoms with Gasteiger partial charge in [-0.3, -0.25) is 4.79 Å². The van der Waals surface area contributed by atoms with Gasteiger partial charge in [0.15, 0.2) is 0 Å². The molecule has 1 atom stereocenters. The number of carbonyl (C=O) groups is 1. The zero-order chi connectivity index (χ0) is 15.3. The number of hydrogen-bond acceptors (Lipinski definition) is 2. The van der Waals surface area contributed by atoms with E-state index in [9.17, 15) is 4.79 Å². The Morgan fingerprint density at radius 2 is 1.80 bits per heavy atom. The maximum Gasteiger partial charge on any atom is 0.307 e. The Morgan fingerprint density at radius 1 is 1.25 bits per heavy atom. The van der Waals surface area contributed by atoms with E-state index in [1.165, 1.54) is 25.7 Å². The first-order chi connectivity index (χ1) is 9.24. The lowest BCUT2D eigenvalue weighted by Crippen LogP contribution is -2.37. The normalized spacial score (nSPS) is 25.7. The maximum absolute atomic E-state index is 11.0. The van der Waals surface area contributed by atoms with Crippen molar-refractivity contribution < 1.29 is 9.90 Å². The van der Waals surface area contributed by atoms with E-state index in [2.05, 4.69) is 32.6 Å². The lowest BCUT2D eigenvalue weighted by atomic mass is 9.70. The van der Waals surface area contributed by atoms with Crippen molar-refractivity contribution in [2.24, 2.45) is 23.2 Å². The summed E-state index contributed by atoms with van der Waals surface area (Å²) in [6.07, 6.45) is 5.28. The Bertz CT molecular complexity index is 301. The van der Waals surface area contributed by atoms with Gasteiger partial charge >= 0.3 is 5.97 Å². The fourth-order valence-corrected chi connectivity index (χ4v) is 3.37. The minimum atomic E-state index is -0.681. The van der Waals surface area contributed by atoms with Crippen LogP contribution in [0.5, 0.6) is 0 Å². The van der Waals surface area contributed by atoms with Crippen molar-refractivity contribution in [3.05, 3.63) is 0 Å². The van der Waals surface area contributed by atoms with E-state index >= 15 is 0 Å². The molecule has 20 heavy (non-hydrogen) atoms. The Labute approximate surface area is 124 Å². The highest BCUT2D eigenvalue weighted by molar-refractivity contribution is 5.69. The lowest BCUT2D eigenvalue weighted by molar-refractivity contribution is -0.141. The van der Waals surface area contributed by atoms with Gasteiger partial charge in [0.2, 0.25) is 0 Å². The molecule has 118 valence electrons. The molecule has 0 aromatic heterocycles. The molecule has 0 amide bonds. The summed E-state index contributed by atoms with van der Waals surface area (Å²) in [5.41, 5.74) is 0.438. The van der Waals surface area contributed by atoms with Crippen molar-refractivity contribution in [3.63, 3.8) is 0 Å². The molecule has 0 heterocycles. The van der Waals surface area contributed by atoms with Crippen LogP contribution in [0.3, 0.4) is 0 Å². The topological polar surface area (TPSA) is 40.5 Å². The fraction of sp³-hybridized carbons (Fsp3) is 0.941. The highest BCUT2D eigenvalue weighted by Gasteiger charge is 2.30. The highest BCUT2D eigenvalue weighted by atomic mass is 16.4. The minimum Gasteiger partial charge on any atom is -0.481 e. The molecule has 0 saturated heterocycles. The average Bonchev–Trinajstić information content (AvgIpc) is 2.37. The van der Waals surface area contributed by atoms with Gasteiger partial charge in [-0.1, -0.05) is 34.6 Å². The molecule has 0 aromatic carbocycles. The first kappa shape index (κ1) is 17.5. The van der Waals surface area contributed by atoms with Crippen LogP contribution in [-0.2, 0) is 4.79 Å². The third-order valence-corrected chi connectivity index (χ3v) is 4.99. The zero-order valence-electron chi connectivity index (χ0n) is 14.0. The standard InChI is InChI=1S/C17H33NO2/c1-6-18(11-13(2)16(19)20)12-14-7-9-15(10-8-14)17(3,4)5/h13-15H,6-12H2,1-5H3,(H,19,20). The predicted octanol–water partition coefficient (Wildman–Crippen LogP) is 3.88. The van der Waals surface area contributed by atoms with Crippen LogP contribution < -0.4 is 0 Å². The number of aliphatic carboxylic acids is 1. The van der Waals surface area contributed by atoms with E-state index in [4.69, 9.17) is 5.11 Å². The Kier molecular flexibility index (Phi) is 6.50. The Hall–Kier alpha value is -0.570. The molecule has 0 aromatic rings. The van der Waals surface area contributed by atoms with Crippen molar-refractivity contribution in [3.8, 4) is 0 Å². The number of carboxylic acids is 1. The molecule has 0 radical (unpaired) electrons. The average molecular weight is 283 g/mol. The molecule has 1 aliphatic carbocycles. The zero-order valence-corrected chi connectivity index (χ0v) is 14.0. The number of hydrogen-bond donors (Lipinski definition) is 1. The molecule has 1 N–H and O–H groups in total. The van der Waals surface area contributed by atoms with E-state index in [1.54, 1.807) is 0 Å². The summed E-state index contributed by atoms with van der Waals surface area (Å²) >= 11 is 0. The third-order valence-electron chi connectivity index (χ3n) is 4.99. The predicted molar refractivity (Wildman–Crippen MR) is 83.8 cm³/mol. The fourth-order valence-electron chi connectivity index (χ4n) is 3.37. The van der Waals surface area contributed by atoms with Crippen molar-refractivity contribution in [2.75, 3.05) is 19.6 Å². The van der Waals surface area contributed by atoms with E-state index < -0.39 is 5.97 Å². The summed E-state index contributed by atoms with van der Waals surface area (Å²) in [7, 11) is 0. The lowest BCUT2D eigenvalue weighted by Gasteiger charge is -2.38. The second kappa shape index (κ2) is 7.44. The van der Waals surface area contributed by atoms with Gasteiger partial charge in [0.25, 0.3) is 0 Å². The summed E-state index contributed by atoms with van der Waals surface area (Å²) in [6, 6.07) is 0. The molecular weight excluding hydrogens is 250 g/mol. The van der Waals surface area contributed by atoms with E-state index in [0.717, 1.165) is 24.9 Å². The molecule has 3 nitrogen and oxygen atoms in total. The first-order valence-corrected chi connectivity index (χ1v) is 8.19. The third kappa shape index (κ3) is 5.43. The second-order valence-corrected chi connectivity index (χ2v) is 7.68. The maximum atomic E-state index is 11.0. The highest BCUT2D eigenvalue weighted by Crippen LogP contribution is 2.39. The summed E-state index contributed by atoms with van der Waals surface area (Å²) < 4.78 is 0. The van der Waals surface area contributed by atoms with Crippen molar-refractivity contribution in [1.82, 2.24) is 4.90 Å². The van der Waals surface area contributed by atoms with Gasteiger partial charge in [0, 0.05) is 13.1 Å². The monoisotopic (exact) mass is 283 g/mol. The van der Waals surface area contributed by atoms with Gasteiger partial charge in [-0.05, 0) is 49.5 Å². The molecule has 0 aliphatic heterocycles.